The number of sulfonamides is 1. The molecule has 0 amide bonds. The molecule has 2 heterocycles. The van der Waals surface area contributed by atoms with Crippen molar-refractivity contribution < 1.29 is 8.42 Å². The molecule has 20 heavy (non-hydrogen) atoms. The van der Waals surface area contributed by atoms with Crippen molar-refractivity contribution in [3.63, 3.8) is 0 Å². The van der Waals surface area contributed by atoms with Crippen LogP contribution in [0.25, 0.3) is 0 Å². The first-order valence-electron chi connectivity index (χ1n) is 7.13. The van der Waals surface area contributed by atoms with Crippen molar-refractivity contribution >= 4 is 15.7 Å². The molecule has 2 aliphatic rings. The van der Waals surface area contributed by atoms with Crippen molar-refractivity contribution in [3.8, 4) is 0 Å². The number of rotatable bonds is 2. The van der Waals surface area contributed by atoms with Crippen LogP contribution in [0.5, 0.6) is 0 Å². The Morgan fingerprint density at radius 2 is 1.90 bits per heavy atom. The van der Waals surface area contributed by atoms with E-state index in [-0.39, 0.29) is 0 Å². The summed E-state index contributed by atoms with van der Waals surface area (Å²) in [4.78, 5) is 2.59. The predicted molar refractivity (Wildman–Crippen MR) is 79.5 cm³/mol. The zero-order valence-electron chi connectivity index (χ0n) is 11.8. The van der Waals surface area contributed by atoms with Gasteiger partial charge in [0.15, 0.2) is 0 Å². The van der Waals surface area contributed by atoms with E-state index in [2.05, 4.69) is 10.2 Å². The minimum atomic E-state index is -3.34. The number of likely N-dealkylation sites (N-methyl/N-ethyl adjacent to an activating group) is 1. The van der Waals surface area contributed by atoms with Gasteiger partial charge in [-0.25, -0.2) is 8.42 Å². The molecule has 3 rings (SSSR count). The van der Waals surface area contributed by atoms with Gasteiger partial charge < -0.3 is 10.2 Å². The van der Waals surface area contributed by atoms with Gasteiger partial charge in [-0.05, 0) is 43.7 Å². The van der Waals surface area contributed by atoms with E-state index in [1.807, 2.05) is 19.2 Å². The first kappa shape index (κ1) is 13.9. The van der Waals surface area contributed by atoms with Gasteiger partial charge in [0, 0.05) is 38.4 Å². The molecule has 1 aromatic rings. The highest BCUT2D eigenvalue weighted by Gasteiger charge is 2.28. The van der Waals surface area contributed by atoms with Crippen LogP contribution in [-0.4, -0.2) is 57.4 Å². The van der Waals surface area contributed by atoms with Crippen molar-refractivity contribution in [2.45, 2.75) is 17.7 Å². The van der Waals surface area contributed by atoms with Gasteiger partial charge in [-0.3, -0.25) is 0 Å². The topological polar surface area (TPSA) is 52.7 Å². The van der Waals surface area contributed by atoms with Gasteiger partial charge in [0.05, 0.1) is 4.90 Å². The molecule has 5 nitrogen and oxygen atoms in total. The third-order valence-corrected chi connectivity index (χ3v) is 6.01. The van der Waals surface area contributed by atoms with Crippen molar-refractivity contribution in [2.24, 2.45) is 0 Å². The van der Waals surface area contributed by atoms with Crippen LogP contribution in [0.15, 0.2) is 23.1 Å². The molecule has 0 unspecified atom stereocenters. The lowest BCUT2D eigenvalue weighted by molar-refractivity contribution is 0.222. The van der Waals surface area contributed by atoms with E-state index in [0.717, 1.165) is 43.7 Å². The summed E-state index contributed by atoms with van der Waals surface area (Å²) in [5, 5.41) is 3.31. The fraction of sp³-hybridized carbons (Fsp3) is 0.571. The van der Waals surface area contributed by atoms with Crippen molar-refractivity contribution in [2.75, 3.05) is 45.1 Å². The van der Waals surface area contributed by atoms with Gasteiger partial charge in [0.25, 0.3) is 0 Å². The Bertz CT molecular complexity index is 592. The first-order valence-corrected chi connectivity index (χ1v) is 8.57. The monoisotopic (exact) mass is 295 g/mol. The highest BCUT2D eigenvalue weighted by Crippen LogP contribution is 2.26. The average molecular weight is 295 g/mol. The minimum Gasteiger partial charge on any atom is -0.385 e. The number of nitrogens with zero attached hydrogens (tertiary/aromatic N) is 2. The number of hydrogen-bond acceptors (Lipinski definition) is 4. The lowest BCUT2D eigenvalue weighted by Crippen LogP contribution is -2.47. The van der Waals surface area contributed by atoms with Crippen molar-refractivity contribution in [1.29, 1.82) is 0 Å². The van der Waals surface area contributed by atoms with E-state index >= 15 is 0 Å². The number of nitrogens with one attached hydrogen (secondary N) is 1. The van der Waals surface area contributed by atoms with Crippen LogP contribution in [0.1, 0.15) is 12.0 Å². The third-order valence-electron chi connectivity index (χ3n) is 4.12. The summed E-state index contributed by atoms with van der Waals surface area (Å²) in [7, 11) is -1.32. The molecule has 0 aromatic heterocycles. The SMILES string of the molecule is CN1CCN(S(=O)(=O)c2ccc3c(c2)CCCN3)CC1. The van der Waals surface area contributed by atoms with Crippen LogP contribution in [0.2, 0.25) is 0 Å². The van der Waals surface area contributed by atoms with Crippen molar-refractivity contribution in [3.05, 3.63) is 23.8 Å². The molecule has 0 atom stereocenters. The quantitative estimate of drug-likeness (QED) is 0.884. The fourth-order valence-electron chi connectivity index (χ4n) is 2.79. The molecular weight excluding hydrogens is 274 g/mol. The lowest BCUT2D eigenvalue weighted by atomic mass is 10.0. The van der Waals surface area contributed by atoms with E-state index in [4.69, 9.17) is 0 Å². The van der Waals surface area contributed by atoms with Gasteiger partial charge in [-0.15, -0.1) is 0 Å². The molecule has 0 aliphatic carbocycles. The van der Waals surface area contributed by atoms with E-state index in [1.54, 1.807) is 10.4 Å². The standard InChI is InChI=1S/C14H21N3O2S/c1-16-7-9-17(10-8-16)20(18,19)13-4-5-14-12(11-13)3-2-6-15-14/h4-5,11,15H,2-3,6-10H2,1H3. The summed E-state index contributed by atoms with van der Waals surface area (Å²) in [6, 6.07) is 5.47. The largest absolute Gasteiger partial charge is 0.385 e. The average Bonchev–Trinajstić information content (AvgIpc) is 2.47. The maximum atomic E-state index is 12.7. The van der Waals surface area contributed by atoms with Gasteiger partial charge >= 0.3 is 0 Å². The van der Waals surface area contributed by atoms with Gasteiger partial charge in [0.2, 0.25) is 10.0 Å². The fourth-order valence-corrected chi connectivity index (χ4v) is 4.26. The maximum Gasteiger partial charge on any atom is 0.243 e. The number of aryl methyl sites for hydroxylation is 1. The molecule has 0 spiro atoms. The summed E-state index contributed by atoms with van der Waals surface area (Å²) in [6.45, 7) is 3.72. The number of piperazine rings is 1. The second kappa shape index (κ2) is 5.35. The van der Waals surface area contributed by atoms with E-state index < -0.39 is 10.0 Å². The number of anilines is 1. The molecule has 0 saturated carbocycles. The maximum absolute atomic E-state index is 12.7. The molecule has 1 saturated heterocycles. The second-order valence-corrected chi connectivity index (χ2v) is 7.49. The van der Waals surface area contributed by atoms with Crippen LogP contribution in [0.3, 0.4) is 0 Å². The summed E-state index contributed by atoms with van der Waals surface area (Å²) >= 11 is 0. The van der Waals surface area contributed by atoms with Crippen molar-refractivity contribution in [1.82, 2.24) is 9.21 Å². The molecule has 1 N–H and O–H groups in total. The minimum absolute atomic E-state index is 0.435. The zero-order chi connectivity index (χ0) is 14.2. The molecule has 0 radical (unpaired) electrons. The molecule has 0 bridgehead atoms. The summed E-state index contributed by atoms with van der Waals surface area (Å²) in [5.41, 5.74) is 2.19. The number of hydrogen-bond donors (Lipinski definition) is 1. The molecule has 110 valence electrons. The Balaban J connectivity index is 1.87. The zero-order valence-corrected chi connectivity index (χ0v) is 12.6. The van der Waals surface area contributed by atoms with Gasteiger partial charge in [0.1, 0.15) is 0 Å². The van der Waals surface area contributed by atoms with Gasteiger partial charge in [-0.1, -0.05) is 0 Å². The van der Waals surface area contributed by atoms with Crippen LogP contribution >= 0.6 is 0 Å². The number of benzene rings is 1. The summed E-state index contributed by atoms with van der Waals surface area (Å²) < 4.78 is 26.9. The molecule has 1 fully saturated rings. The van der Waals surface area contributed by atoms with Crippen LogP contribution in [0, 0.1) is 0 Å². The second-order valence-electron chi connectivity index (χ2n) is 5.56. The Labute approximate surface area is 120 Å². The van der Waals surface area contributed by atoms with Crippen LogP contribution < -0.4 is 5.32 Å². The lowest BCUT2D eigenvalue weighted by Gasteiger charge is -2.31. The predicted octanol–water partition coefficient (Wildman–Crippen LogP) is 0.981. The van der Waals surface area contributed by atoms with Gasteiger partial charge in [-0.2, -0.15) is 4.31 Å². The Morgan fingerprint density at radius 3 is 2.65 bits per heavy atom. The van der Waals surface area contributed by atoms with E-state index in [9.17, 15) is 8.42 Å². The molecule has 6 heteroatoms. The molecule has 2 aliphatic heterocycles. The molecule has 1 aromatic carbocycles. The Hall–Kier alpha value is -1.11. The molecular formula is C14H21N3O2S. The Kier molecular flexibility index (Phi) is 3.70. The van der Waals surface area contributed by atoms with E-state index in [1.165, 1.54) is 0 Å². The highest BCUT2D eigenvalue weighted by atomic mass is 32.2. The summed E-state index contributed by atoms with van der Waals surface area (Å²) in [5.74, 6) is 0. The highest BCUT2D eigenvalue weighted by molar-refractivity contribution is 7.89. The Morgan fingerprint density at radius 1 is 1.15 bits per heavy atom. The van der Waals surface area contributed by atoms with Crippen LogP contribution in [-0.2, 0) is 16.4 Å². The van der Waals surface area contributed by atoms with E-state index in [0.29, 0.717) is 18.0 Å². The smallest absolute Gasteiger partial charge is 0.243 e. The third kappa shape index (κ3) is 2.55. The number of fused-ring (bicyclic) bond motifs is 1. The first-order chi connectivity index (χ1) is 9.57. The summed E-state index contributed by atoms with van der Waals surface area (Å²) in [6.07, 6.45) is 2.01. The van der Waals surface area contributed by atoms with Crippen LogP contribution in [0.4, 0.5) is 5.69 Å². The normalized spacial score (nSPS) is 21.2.